The SMILES string of the molecule is Cc1ccc(C=NN)cc1. The van der Waals surface area contributed by atoms with Crippen LogP contribution in [0.15, 0.2) is 29.4 Å². The molecule has 1 rings (SSSR count). The van der Waals surface area contributed by atoms with Crippen molar-refractivity contribution >= 4 is 6.21 Å². The van der Waals surface area contributed by atoms with Crippen molar-refractivity contribution in [2.75, 3.05) is 0 Å². The summed E-state index contributed by atoms with van der Waals surface area (Å²) in [4.78, 5) is 0. The molecule has 0 fully saturated rings. The highest BCUT2D eigenvalue weighted by Gasteiger charge is 1.84. The van der Waals surface area contributed by atoms with Crippen LogP contribution in [0.4, 0.5) is 0 Å². The van der Waals surface area contributed by atoms with E-state index >= 15 is 0 Å². The second-order valence-corrected chi connectivity index (χ2v) is 2.19. The van der Waals surface area contributed by atoms with E-state index in [2.05, 4.69) is 5.10 Å². The minimum atomic E-state index is 1.04. The van der Waals surface area contributed by atoms with E-state index in [9.17, 15) is 0 Å². The summed E-state index contributed by atoms with van der Waals surface area (Å²) in [6.07, 6.45) is 1.62. The van der Waals surface area contributed by atoms with Gasteiger partial charge in [-0.05, 0) is 12.5 Å². The average molecular weight is 134 g/mol. The molecule has 1 aromatic rings. The van der Waals surface area contributed by atoms with Gasteiger partial charge in [-0.3, -0.25) is 0 Å². The maximum Gasteiger partial charge on any atom is 0.0538 e. The van der Waals surface area contributed by atoms with Crippen LogP contribution < -0.4 is 5.84 Å². The molecule has 2 nitrogen and oxygen atoms in total. The predicted molar refractivity (Wildman–Crippen MR) is 43.0 cm³/mol. The molecule has 2 heteroatoms. The molecule has 0 aliphatic rings. The maximum absolute atomic E-state index is 4.97. The zero-order chi connectivity index (χ0) is 7.40. The van der Waals surface area contributed by atoms with Gasteiger partial charge in [0.05, 0.1) is 6.21 Å². The lowest BCUT2D eigenvalue weighted by molar-refractivity contribution is 1.26. The predicted octanol–water partition coefficient (Wildman–Crippen LogP) is 1.29. The van der Waals surface area contributed by atoms with E-state index in [1.165, 1.54) is 5.56 Å². The Labute approximate surface area is 60.4 Å². The van der Waals surface area contributed by atoms with E-state index in [1.54, 1.807) is 6.21 Å². The summed E-state index contributed by atoms with van der Waals surface area (Å²) in [5, 5.41) is 3.41. The Bertz CT molecular complexity index is 224. The van der Waals surface area contributed by atoms with Crippen molar-refractivity contribution in [1.29, 1.82) is 0 Å². The number of rotatable bonds is 1. The van der Waals surface area contributed by atoms with Crippen molar-refractivity contribution in [3.05, 3.63) is 35.4 Å². The second kappa shape index (κ2) is 3.01. The molecule has 0 spiro atoms. The molecule has 0 aliphatic heterocycles. The van der Waals surface area contributed by atoms with E-state index in [0.717, 1.165) is 5.56 Å². The van der Waals surface area contributed by atoms with Gasteiger partial charge in [0.25, 0.3) is 0 Å². The van der Waals surface area contributed by atoms with Crippen molar-refractivity contribution in [2.24, 2.45) is 10.9 Å². The van der Waals surface area contributed by atoms with Gasteiger partial charge in [-0.1, -0.05) is 29.8 Å². The third-order valence-electron chi connectivity index (χ3n) is 1.30. The zero-order valence-corrected chi connectivity index (χ0v) is 5.91. The van der Waals surface area contributed by atoms with E-state index in [0.29, 0.717) is 0 Å². The smallest absolute Gasteiger partial charge is 0.0538 e. The van der Waals surface area contributed by atoms with Gasteiger partial charge in [0.1, 0.15) is 0 Å². The Morgan fingerprint density at radius 1 is 1.30 bits per heavy atom. The van der Waals surface area contributed by atoms with Crippen molar-refractivity contribution < 1.29 is 0 Å². The van der Waals surface area contributed by atoms with Crippen LogP contribution in [0.2, 0.25) is 0 Å². The first-order chi connectivity index (χ1) is 4.83. The summed E-state index contributed by atoms with van der Waals surface area (Å²) >= 11 is 0. The first-order valence-electron chi connectivity index (χ1n) is 3.13. The van der Waals surface area contributed by atoms with Crippen molar-refractivity contribution in [1.82, 2.24) is 0 Å². The topological polar surface area (TPSA) is 38.4 Å². The number of nitrogens with zero attached hydrogens (tertiary/aromatic N) is 1. The molecule has 2 N–H and O–H groups in total. The van der Waals surface area contributed by atoms with Gasteiger partial charge in [0.15, 0.2) is 0 Å². The lowest BCUT2D eigenvalue weighted by atomic mass is 10.2. The van der Waals surface area contributed by atoms with E-state index in [1.807, 2.05) is 31.2 Å². The standard InChI is InChI=1S/C8H10N2/c1-7-2-4-8(5-3-7)6-10-9/h2-6H,9H2,1H3. The van der Waals surface area contributed by atoms with Crippen LogP contribution >= 0.6 is 0 Å². The molecular formula is C8H10N2. The van der Waals surface area contributed by atoms with Gasteiger partial charge < -0.3 is 5.84 Å². The lowest BCUT2D eigenvalue weighted by Crippen LogP contribution is -1.85. The highest BCUT2D eigenvalue weighted by atomic mass is 15.1. The largest absolute Gasteiger partial charge is 0.323 e. The molecular weight excluding hydrogens is 124 g/mol. The summed E-state index contributed by atoms with van der Waals surface area (Å²) < 4.78 is 0. The first kappa shape index (κ1) is 6.81. The maximum atomic E-state index is 4.97. The van der Waals surface area contributed by atoms with Gasteiger partial charge in [0, 0.05) is 0 Å². The van der Waals surface area contributed by atoms with Gasteiger partial charge >= 0.3 is 0 Å². The van der Waals surface area contributed by atoms with Crippen molar-refractivity contribution in [2.45, 2.75) is 6.92 Å². The van der Waals surface area contributed by atoms with Crippen molar-refractivity contribution in [3.63, 3.8) is 0 Å². The molecule has 0 saturated carbocycles. The minimum Gasteiger partial charge on any atom is -0.323 e. The summed E-state index contributed by atoms with van der Waals surface area (Å²) in [6.45, 7) is 2.05. The van der Waals surface area contributed by atoms with Gasteiger partial charge in [-0.15, -0.1) is 0 Å². The molecule has 0 aromatic heterocycles. The molecule has 0 aliphatic carbocycles. The summed E-state index contributed by atoms with van der Waals surface area (Å²) in [5.41, 5.74) is 2.28. The molecule has 0 heterocycles. The molecule has 52 valence electrons. The average Bonchev–Trinajstić information content (AvgIpc) is 1.95. The number of hydrogen-bond donors (Lipinski definition) is 1. The van der Waals surface area contributed by atoms with Crippen LogP contribution in [0.5, 0.6) is 0 Å². The molecule has 0 bridgehead atoms. The third-order valence-corrected chi connectivity index (χ3v) is 1.30. The Hall–Kier alpha value is -1.31. The van der Waals surface area contributed by atoms with Crippen LogP contribution in [0.25, 0.3) is 0 Å². The summed E-state index contributed by atoms with van der Waals surface area (Å²) in [5.74, 6) is 4.97. The Morgan fingerprint density at radius 3 is 2.40 bits per heavy atom. The van der Waals surface area contributed by atoms with Gasteiger partial charge in [0.2, 0.25) is 0 Å². The van der Waals surface area contributed by atoms with Gasteiger partial charge in [-0.25, -0.2) is 0 Å². The van der Waals surface area contributed by atoms with Crippen LogP contribution in [0, 0.1) is 6.92 Å². The number of hydrogen-bond acceptors (Lipinski definition) is 2. The molecule has 0 atom stereocenters. The summed E-state index contributed by atoms with van der Waals surface area (Å²) in [6, 6.07) is 8.01. The fourth-order valence-corrected chi connectivity index (χ4v) is 0.739. The highest BCUT2D eigenvalue weighted by Crippen LogP contribution is 1.99. The molecule has 1 aromatic carbocycles. The lowest BCUT2D eigenvalue weighted by Gasteiger charge is -1.91. The van der Waals surface area contributed by atoms with Crippen molar-refractivity contribution in [3.8, 4) is 0 Å². The molecule has 0 radical (unpaired) electrons. The van der Waals surface area contributed by atoms with Gasteiger partial charge in [-0.2, -0.15) is 5.10 Å². The third kappa shape index (κ3) is 1.58. The highest BCUT2D eigenvalue weighted by molar-refractivity contribution is 5.79. The first-order valence-corrected chi connectivity index (χ1v) is 3.13. The fraction of sp³-hybridized carbons (Fsp3) is 0.125. The normalized spacial score (nSPS) is 10.5. The quantitative estimate of drug-likeness (QED) is 0.351. The van der Waals surface area contributed by atoms with Crippen LogP contribution in [0.1, 0.15) is 11.1 Å². The second-order valence-electron chi connectivity index (χ2n) is 2.19. The fourth-order valence-electron chi connectivity index (χ4n) is 0.739. The Balaban J connectivity index is 2.89. The zero-order valence-electron chi connectivity index (χ0n) is 5.91. The number of hydrazone groups is 1. The molecule has 0 unspecified atom stereocenters. The number of nitrogens with two attached hydrogens (primary N) is 1. The molecule has 10 heavy (non-hydrogen) atoms. The Morgan fingerprint density at radius 2 is 1.90 bits per heavy atom. The Kier molecular flexibility index (Phi) is 2.05. The molecule has 0 saturated heterocycles. The number of aryl methyl sites for hydroxylation is 1. The van der Waals surface area contributed by atoms with Crippen LogP contribution in [-0.2, 0) is 0 Å². The summed E-state index contributed by atoms with van der Waals surface area (Å²) in [7, 11) is 0. The van der Waals surface area contributed by atoms with Crippen LogP contribution in [0.3, 0.4) is 0 Å². The molecule has 0 amide bonds. The van der Waals surface area contributed by atoms with E-state index in [-0.39, 0.29) is 0 Å². The van der Waals surface area contributed by atoms with E-state index in [4.69, 9.17) is 5.84 Å². The monoisotopic (exact) mass is 134 g/mol. The number of benzene rings is 1. The minimum absolute atomic E-state index is 1.04. The van der Waals surface area contributed by atoms with Crippen LogP contribution in [-0.4, -0.2) is 6.21 Å². The van der Waals surface area contributed by atoms with E-state index < -0.39 is 0 Å².